The number of amides is 2. The van der Waals surface area contributed by atoms with E-state index in [1.807, 2.05) is 60.1 Å². The maximum atomic E-state index is 13.3. The highest BCUT2D eigenvalue weighted by molar-refractivity contribution is 7.08. The molecule has 0 bridgehead atoms. The Morgan fingerprint density at radius 2 is 1.75 bits per heavy atom. The van der Waals surface area contributed by atoms with Crippen molar-refractivity contribution in [2.24, 2.45) is 0 Å². The number of anilines is 2. The zero-order valence-electron chi connectivity index (χ0n) is 22.4. The number of hydrogen-bond donors (Lipinski definition) is 3. The van der Waals surface area contributed by atoms with E-state index in [1.165, 1.54) is 18.4 Å². The van der Waals surface area contributed by atoms with E-state index in [0.29, 0.717) is 22.4 Å². The van der Waals surface area contributed by atoms with Crippen LogP contribution < -0.4 is 16.0 Å². The molecule has 0 aliphatic carbocycles. The van der Waals surface area contributed by atoms with Gasteiger partial charge in [-0.1, -0.05) is 42.5 Å². The number of carbonyl (C=O) groups is 2. The van der Waals surface area contributed by atoms with Crippen LogP contribution in [0, 0.1) is 0 Å². The summed E-state index contributed by atoms with van der Waals surface area (Å²) in [5, 5.41) is 13.6. The van der Waals surface area contributed by atoms with Crippen LogP contribution in [0.15, 0.2) is 89.6 Å². The van der Waals surface area contributed by atoms with Crippen LogP contribution in [0.1, 0.15) is 58.4 Å². The number of fused-ring (bicyclic) bond motifs is 1. The lowest BCUT2D eigenvalue weighted by Gasteiger charge is -2.17. The zero-order valence-corrected chi connectivity index (χ0v) is 23.3. The first-order valence-electron chi connectivity index (χ1n) is 13.7. The summed E-state index contributed by atoms with van der Waals surface area (Å²) in [5.41, 5.74) is 7.31. The van der Waals surface area contributed by atoms with Crippen LogP contribution in [0.3, 0.4) is 0 Å². The van der Waals surface area contributed by atoms with Gasteiger partial charge in [0, 0.05) is 40.0 Å². The van der Waals surface area contributed by atoms with Gasteiger partial charge >= 0.3 is 0 Å². The lowest BCUT2D eigenvalue weighted by atomic mass is 9.99. The Kier molecular flexibility index (Phi) is 7.49. The van der Waals surface area contributed by atoms with Crippen LogP contribution in [-0.4, -0.2) is 29.8 Å². The predicted octanol–water partition coefficient (Wildman–Crippen LogP) is 6.77. The van der Waals surface area contributed by atoms with E-state index in [1.54, 1.807) is 23.5 Å². The van der Waals surface area contributed by atoms with Gasteiger partial charge in [0.2, 0.25) is 0 Å². The molecule has 0 radical (unpaired) electrons. The molecule has 40 heavy (non-hydrogen) atoms. The second kappa shape index (κ2) is 11.5. The summed E-state index contributed by atoms with van der Waals surface area (Å²) in [6.45, 7) is 5.25. The minimum atomic E-state index is -0.190. The molecule has 202 valence electrons. The van der Waals surface area contributed by atoms with Crippen LogP contribution in [0.5, 0.6) is 0 Å². The molecule has 1 atom stereocenters. The Hall–Kier alpha value is -4.20. The van der Waals surface area contributed by atoms with Crippen LogP contribution in [0.25, 0.3) is 11.3 Å². The highest BCUT2D eigenvalue weighted by atomic mass is 32.1. The van der Waals surface area contributed by atoms with E-state index in [0.717, 1.165) is 42.1 Å². The molecule has 0 spiro atoms. The summed E-state index contributed by atoms with van der Waals surface area (Å²) < 4.78 is 0. The number of nitrogens with one attached hydrogen (secondary N) is 3. The smallest absolute Gasteiger partial charge is 0.258 e. The Labute approximate surface area is 238 Å². The van der Waals surface area contributed by atoms with Crippen molar-refractivity contribution in [2.45, 2.75) is 32.4 Å². The Balaban J connectivity index is 1.30. The fourth-order valence-corrected chi connectivity index (χ4v) is 6.03. The third kappa shape index (κ3) is 5.57. The van der Waals surface area contributed by atoms with Crippen LogP contribution >= 0.6 is 11.3 Å². The lowest BCUT2D eigenvalue weighted by Crippen LogP contribution is -2.26. The average molecular weight is 549 g/mol. The first-order chi connectivity index (χ1) is 19.5. The van der Waals surface area contributed by atoms with Gasteiger partial charge in [0.1, 0.15) is 0 Å². The molecule has 0 saturated carbocycles. The molecule has 1 saturated heterocycles. The Morgan fingerprint density at radius 1 is 0.975 bits per heavy atom. The standard InChI is InChI=1S/C33H32N4O2S/c1-22(24-7-3-2-4-8-24)34-32(38)25-11-14-29-28(19-25)30(33(39)36-29)31(26-15-18-40-21-26)35-27-12-9-23(10-13-27)20-37-16-5-6-17-37/h2-4,7-15,18-19,21-22,35H,5-6,16-17,20H2,1H3,(H,34,38)(H,36,39)/t22-/m1/s1. The molecular weight excluding hydrogens is 516 g/mol. The van der Waals surface area contributed by atoms with Gasteiger partial charge in [-0.15, -0.1) is 0 Å². The van der Waals surface area contributed by atoms with Crippen molar-refractivity contribution in [2.75, 3.05) is 23.7 Å². The topological polar surface area (TPSA) is 73.5 Å². The SMILES string of the molecule is C[C@@H](NC(=O)c1ccc2c(c1)C(=C(Nc1ccc(CN3CCCC3)cc1)c1ccsc1)C(=O)N2)c1ccccc1. The van der Waals surface area contributed by atoms with Crippen molar-refractivity contribution in [1.29, 1.82) is 0 Å². The second-order valence-electron chi connectivity index (χ2n) is 10.4. The summed E-state index contributed by atoms with van der Waals surface area (Å²) in [4.78, 5) is 29.0. The summed E-state index contributed by atoms with van der Waals surface area (Å²) in [6.07, 6.45) is 2.55. The van der Waals surface area contributed by atoms with Gasteiger partial charge in [-0.05, 0) is 85.8 Å². The van der Waals surface area contributed by atoms with Crippen molar-refractivity contribution in [3.8, 4) is 0 Å². The Bertz CT molecular complexity index is 1540. The monoisotopic (exact) mass is 548 g/mol. The number of nitrogens with zero attached hydrogens (tertiary/aromatic N) is 1. The van der Waals surface area contributed by atoms with Gasteiger partial charge < -0.3 is 16.0 Å². The zero-order chi connectivity index (χ0) is 27.5. The molecule has 2 amide bonds. The van der Waals surface area contributed by atoms with Crippen molar-refractivity contribution < 1.29 is 9.59 Å². The minimum absolute atomic E-state index is 0.145. The summed E-state index contributed by atoms with van der Waals surface area (Å²) in [6, 6.07) is 25.5. The van der Waals surface area contributed by atoms with Crippen molar-refractivity contribution in [1.82, 2.24) is 10.2 Å². The molecule has 2 aliphatic rings. The summed E-state index contributed by atoms with van der Waals surface area (Å²) in [5.74, 6) is -0.374. The van der Waals surface area contributed by atoms with Gasteiger partial charge in [-0.2, -0.15) is 11.3 Å². The Morgan fingerprint density at radius 3 is 2.48 bits per heavy atom. The molecule has 0 unspecified atom stereocenters. The number of rotatable bonds is 8. The molecular formula is C33H32N4O2S. The largest absolute Gasteiger partial charge is 0.354 e. The van der Waals surface area contributed by atoms with Gasteiger partial charge in [0.05, 0.1) is 17.3 Å². The van der Waals surface area contributed by atoms with Gasteiger partial charge in [-0.3, -0.25) is 14.5 Å². The molecule has 3 aromatic carbocycles. The number of likely N-dealkylation sites (tertiary alicyclic amines) is 1. The minimum Gasteiger partial charge on any atom is -0.354 e. The lowest BCUT2D eigenvalue weighted by molar-refractivity contribution is -0.110. The number of hydrogen-bond acceptors (Lipinski definition) is 5. The molecule has 7 heteroatoms. The highest BCUT2D eigenvalue weighted by Crippen LogP contribution is 2.38. The van der Waals surface area contributed by atoms with Crippen LogP contribution in [-0.2, 0) is 11.3 Å². The van der Waals surface area contributed by atoms with Gasteiger partial charge in [-0.25, -0.2) is 0 Å². The number of benzene rings is 3. The van der Waals surface area contributed by atoms with E-state index in [2.05, 4.69) is 45.1 Å². The molecule has 1 aromatic heterocycles. The second-order valence-corrected chi connectivity index (χ2v) is 11.2. The van der Waals surface area contributed by atoms with E-state index in [4.69, 9.17) is 0 Å². The fourth-order valence-electron chi connectivity index (χ4n) is 5.38. The normalized spacial score (nSPS) is 16.8. The van der Waals surface area contributed by atoms with Gasteiger partial charge in [0.15, 0.2) is 0 Å². The first-order valence-corrected chi connectivity index (χ1v) is 14.7. The third-order valence-electron chi connectivity index (χ3n) is 7.56. The van der Waals surface area contributed by atoms with Crippen LogP contribution in [0.4, 0.5) is 11.4 Å². The molecule has 1 fully saturated rings. The number of carbonyl (C=O) groups excluding carboxylic acids is 2. The van der Waals surface area contributed by atoms with E-state index in [9.17, 15) is 9.59 Å². The molecule has 4 aromatic rings. The molecule has 6 nitrogen and oxygen atoms in total. The molecule has 3 N–H and O–H groups in total. The molecule has 2 aliphatic heterocycles. The average Bonchev–Trinajstić information content (AvgIpc) is 3.75. The maximum absolute atomic E-state index is 13.3. The molecule has 3 heterocycles. The third-order valence-corrected chi connectivity index (χ3v) is 8.24. The van der Waals surface area contributed by atoms with Crippen LogP contribution in [0.2, 0.25) is 0 Å². The van der Waals surface area contributed by atoms with E-state index < -0.39 is 0 Å². The van der Waals surface area contributed by atoms with Crippen molar-refractivity contribution in [3.63, 3.8) is 0 Å². The van der Waals surface area contributed by atoms with E-state index >= 15 is 0 Å². The summed E-state index contributed by atoms with van der Waals surface area (Å²) >= 11 is 1.58. The first kappa shape index (κ1) is 26.0. The quantitative estimate of drug-likeness (QED) is 0.213. The van der Waals surface area contributed by atoms with E-state index in [-0.39, 0.29) is 17.9 Å². The summed E-state index contributed by atoms with van der Waals surface area (Å²) in [7, 11) is 0. The number of thiophene rings is 1. The van der Waals surface area contributed by atoms with Gasteiger partial charge in [0.25, 0.3) is 11.8 Å². The fraction of sp³-hybridized carbons (Fsp3) is 0.212. The predicted molar refractivity (Wildman–Crippen MR) is 163 cm³/mol. The highest BCUT2D eigenvalue weighted by Gasteiger charge is 2.30. The van der Waals surface area contributed by atoms with Crippen molar-refractivity contribution >= 4 is 45.8 Å². The van der Waals surface area contributed by atoms with Crippen molar-refractivity contribution in [3.05, 3.63) is 117 Å². The maximum Gasteiger partial charge on any atom is 0.258 e. The molecule has 6 rings (SSSR count).